The Kier molecular flexibility index (Phi) is 2.47. The summed E-state index contributed by atoms with van der Waals surface area (Å²) in [5.74, 6) is 0. The second-order valence-corrected chi connectivity index (χ2v) is 4.18. The van der Waals surface area contributed by atoms with Crippen LogP contribution in [0.5, 0.6) is 0 Å². The quantitative estimate of drug-likeness (QED) is 0.654. The third kappa shape index (κ3) is 1.16. The number of rotatable bonds is 3. The van der Waals surface area contributed by atoms with Crippen LogP contribution < -0.4 is 5.73 Å². The SMILES string of the molecule is CCO[C@H]1C[C@@](N)(CO)C1(C)C. The first-order chi connectivity index (χ1) is 5.48. The number of aliphatic hydroxyl groups excluding tert-OH is 1. The van der Waals surface area contributed by atoms with Crippen LogP contribution in [0.3, 0.4) is 0 Å². The van der Waals surface area contributed by atoms with Crippen LogP contribution in [0.4, 0.5) is 0 Å². The van der Waals surface area contributed by atoms with Crippen LogP contribution in [-0.2, 0) is 4.74 Å². The van der Waals surface area contributed by atoms with Crippen LogP contribution in [-0.4, -0.2) is 30.0 Å². The highest BCUT2D eigenvalue weighted by atomic mass is 16.5. The fourth-order valence-corrected chi connectivity index (χ4v) is 1.78. The lowest BCUT2D eigenvalue weighted by molar-refractivity contribution is -0.162. The Hall–Kier alpha value is -0.120. The van der Waals surface area contributed by atoms with Crippen molar-refractivity contribution in [2.45, 2.75) is 38.8 Å². The minimum Gasteiger partial charge on any atom is -0.394 e. The topological polar surface area (TPSA) is 55.5 Å². The van der Waals surface area contributed by atoms with Gasteiger partial charge in [-0.15, -0.1) is 0 Å². The van der Waals surface area contributed by atoms with Gasteiger partial charge in [-0.25, -0.2) is 0 Å². The molecule has 0 aliphatic heterocycles. The van der Waals surface area contributed by atoms with Gasteiger partial charge in [0.1, 0.15) is 0 Å². The predicted molar refractivity (Wildman–Crippen MR) is 47.8 cm³/mol. The highest BCUT2D eigenvalue weighted by molar-refractivity contribution is 5.13. The molecule has 0 amide bonds. The van der Waals surface area contributed by atoms with Gasteiger partial charge in [-0.3, -0.25) is 0 Å². The lowest BCUT2D eigenvalue weighted by Gasteiger charge is -2.58. The van der Waals surface area contributed by atoms with Crippen molar-refractivity contribution in [3.05, 3.63) is 0 Å². The van der Waals surface area contributed by atoms with Crippen LogP contribution in [0, 0.1) is 5.41 Å². The predicted octanol–water partition coefficient (Wildman–Crippen LogP) is 0.511. The van der Waals surface area contributed by atoms with Crippen molar-refractivity contribution in [1.29, 1.82) is 0 Å². The molecule has 1 fully saturated rings. The van der Waals surface area contributed by atoms with E-state index in [1.54, 1.807) is 0 Å². The van der Waals surface area contributed by atoms with Gasteiger partial charge in [-0.05, 0) is 13.3 Å². The Morgan fingerprint density at radius 2 is 2.17 bits per heavy atom. The lowest BCUT2D eigenvalue weighted by Crippen LogP contribution is -2.71. The van der Waals surface area contributed by atoms with Crippen LogP contribution in [0.1, 0.15) is 27.2 Å². The summed E-state index contributed by atoms with van der Waals surface area (Å²) in [7, 11) is 0. The zero-order valence-corrected chi connectivity index (χ0v) is 8.13. The molecule has 0 saturated heterocycles. The number of ether oxygens (including phenoxy) is 1. The van der Waals surface area contributed by atoms with Gasteiger partial charge in [-0.2, -0.15) is 0 Å². The molecule has 0 radical (unpaired) electrons. The van der Waals surface area contributed by atoms with Crippen molar-refractivity contribution in [3.63, 3.8) is 0 Å². The van der Waals surface area contributed by atoms with Crippen molar-refractivity contribution >= 4 is 0 Å². The molecule has 3 nitrogen and oxygen atoms in total. The minimum absolute atomic E-state index is 0.0452. The first-order valence-electron chi connectivity index (χ1n) is 4.49. The van der Waals surface area contributed by atoms with Gasteiger partial charge in [0, 0.05) is 17.6 Å². The molecule has 1 aliphatic carbocycles. The molecule has 0 heterocycles. The van der Waals surface area contributed by atoms with Crippen molar-refractivity contribution < 1.29 is 9.84 Å². The van der Waals surface area contributed by atoms with Crippen LogP contribution in [0.2, 0.25) is 0 Å². The zero-order valence-electron chi connectivity index (χ0n) is 8.13. The fourth-order valence-electron chi connectivity index (χ4n) is 1.78. The number of hydrogen-bond donors (Lipinski definition) is 2. The molecular weight excluding hydrogens is 154 g/mol. The standard InChI is InChI=1S/C9H19NO2/c1-4-12-7-5-9(10,6-11)8(7,2)3/h7,11H,4-6,10H2,1-3H3/t7-,9+/m0/s1. The van der Waals surface area contributed by atoms with E-state index < -0.39 is 5.54 Å². The first-order valence-corrected chi connectivity index (χ1v) is 4.49. The van der Waals surface area contributed by atoms with Gasteiger partial charge >= 0.3 is 0 Å². The Balaban J connectivity index is 2.59. The first kappa shape index (κ1) is 9.96. The van der Waals surface area contributed by atoms with Gasteiger partial charge < -0.3 is 15.6 Å². The van der Waals surface area contributed by atoms with Crippen molar-refractivity contribution in [3.8, 4) is 0 Å². The molecule has 3 N–H and O–H groups in total. The lowest BCUT2D eigenvalue weighted by atomic mass is 9.55. The maximum atomic E-state index is 9.09. The van der Waals surface area contributed by atoms with E-state index in [9.17, 15) is 0 Å². The average molecular weight is 173 g/mol. The normalized spacial score (nSPS) is 39.2. The van der Waals surface area contributed by atoms with Gasteiger partial charge in [0.15, 0.2) is 0 Å². The summed E-state index contributed by atoms with van der Waals surface area (Å²) in [5, 5.41) is 9.09. The number of nitrogens with two attached hydrogens (primary N) is 1. The number of aliphatic hydroxyl groups is 1. The molecule has 0 bridgehead atoms. The third-order valence-electron chi connectivity index (χ3n) is 3.29. The summed E-state index contributed by atoms with van der Waals surface area (Å²) < 4.78 is 5.50. The van der Waals surface area contributed by atoms with Gasteiger partial charge in [-0.1, -0.05) is 13.8 Å². The Morgan fingerprint density at radius 1 is 1.58 bits per heavy atom. The highest BCUT2D eigenvalue weighted by Crippen LogP contribution is 2.49. The van der Waals surface area contributed by atoms with E-state index in [1.165, 1.54) is 0 Å². The van der Waals surface area contributed by atoms with E-state index in [-0.39, 0.29) is 18.1 Å². The molecule has 1 rings (SSSR count). The monoisotopic (exact) mass is 173 g/mol. The molecule has 0 spiro atoms. The zero-order chi connectivity index (χ0) is 9.41. The minimum atomic E-state index is -0.438. The van der Waals surface area contributed by atoms with Crippen LogP contribution in [0.15, 0.2) is 0 Å². The average Bonchev–Trinajstić information content (AvgIpc) is 2.04. The summed E-state index contributed by atoms with van der Waals surface area (Å²) >= 11 is 0. The maximum Gasteiger partial charge on any atom is 0.0662 e. The van der Waals surface area contributed by atoms with Gasteiger partial charge in [0.2, 0.25) is 0 Å². The van der Waals surface area contributed by atoms with E-state index in [1.807, 2.05) is 20.8 Å². The molecule has 0 aromatic rings. The Labute approximate surface area is 73.9 Å². The summed E-state index contributed by atoms with van der Waals surface area (Å²) in [6.07, 6.45) is 0.976. The molecular formula is C9H19NO2. The number of hydrogen-bond acceptors (Lipinski definition) is 3. The smallest absolute Gasteiger partial charge is 0.0662 e. The molecule has 12 heavy (non-hydrogen) atoms. The largest absolute Gasteiger partial charge is 0.394 e. The van der Waals surface area contributed by atoms with E-state index in [2.05, 4.69) is 0 Å². The molecule has 72 valence electrons. The van der Waals surface area contributed by atoms with Gasteiger partial charge in [0.05, 0.1) is 12.7 Å². The van der Waals surface area contributed by atoms with E-state index in [4.69, 9.17) is 15.6 Å². The fraction of sp³-hybridized carbons (Fsp3) is 1.00. The molecule has 0 aromatic heterocycles. The Bertz CT molecular complexity index is 170. The van der Waals surface area contributed by atoms with Gasteiger partial charge in [0.25, 0.3) is 0 Å². The van der Waals surface area contributed by atoms with Crippen LogP contribution >= 0.6 is 0 Å². The summed E-state index contributed by atoms with van der Waals surface area (Å²) in [4.78, 5) is 0. The van der Waals surface area contributed by atoms with E-state index >= 15 is 0 Å². The van der Waals surface area contributed by atoms with Crippen molar-refractivity contribution in [1.82, 2.24) is 0 Å². The summed E-state index contributed by atoms with van der Waals surface area (Å²) in [6, 6.07) is 0. The second-order valence-electron chi connectivity index (χ2n) is 4.18. The second kappa shape index (κ2) is 2.98. The third-order valence-corrected chi connectivity index (χ3v) is 3.29. The van der Waals surface area contributed by atoms with E-state index in [0.29, 0.717) is 0 Å². The molecule has 1 aliphatic rings. The molecule has 0 unspecified atom stereocenters. The molecule has 0 aromatic carbocycles. The molecule has 1 saturated carbocycles. The van der Waals surface area contributed by atoms with Crippen molar-refractivity contribution in [2.24, 2.45) is 11.1 Å². The highest BCUT2D eigenvalue weighted by Gasteiger charge is 2.58. The van der Waals surface area contributed by atoms with Crippen LogP contribution in [0.25, 0.3) is 0 Å². The Morgan fingerprint density at radius 3 is 2.50 bits per heavy atom. The van der Waals surface area contributed by atoms with Crippen molar-refractivity contribution in [2.75, 3.05) is 13.2 Å². The van der Waals surface area contributed by atoms with E-state index in [0.717, 1.165) is 13.0 Å². The molecule has 3 heteroatoms. The summed E-state index contributed by atoms with van der Waals surface area (Å²) in [6.45, 7) is 6.84. The molecule has 2 atom stereocenters. The summed E-state index contributed by atoms with van der Waals surface area (Å²) in [5.41, 5.74) is 5.43. The maximum absolute atomic E-state index is 9.09.